The molecule has 4 aromatic rings. The van der Waals surface area contributed by atoms with Gasteiger partial charge in [-0.05, 0) is 30.3 Å². The highest BCUT2D eigenvalue weighted by Gasteiger charge is 2.12. The minimum atomic E-state index is -0.443. The van der Waals surface area contributed by atoms with E-state index < -0.39 is 5.97 Å². The van der Waals surface area contributed by atoms with E-state index in [4.69, 9.17) is 4.74 Å². The highest BCUT2D eigenvalue weighted by Crippen LogP contribution is 2.23. The van der Waals surface area contributed by atoms with Gasteiger partial charge in [-0.3, -0.25) is 9.59 Å². The summed E-state index contributed by atoms with van der Waals surface area (Å²) in [6.07, 6.45) is 1.48. The average molecular weight is 462 g/mol. The van der Waals surface area contributed by atoms with Crippen molar-refractivity contribution in [2.24, 2.45) is 5.10 Å². The molecule has 0 spiro atoms. The summed E-state index contributed by atoms with van der Waals surface area (Å²) in [6, 6.07) is 21.7. The fourth-order valence-electron chi connectivity index (χ4n) is 2.99. The van der Waals surface area contributed by atoms with Crippen molar-refractivity contribution in [2.75, 3.05) is 0 Å². The normalized spacial score (nSPS) is 11.1. The molecule has 7 heteroatoms. The van der Waals surface area contributed by atoms with E-state index in [-0.39, 0.29) is 5.56 Å². The lowest BCUT2D eigenvalue weighted by Crippen LogP contribution is -2.20. The van der Waals surface area contributed by atoms with Crippen molar-refractivity contribution in [3.63, 3.8) is 0 Å². The van der Waals surface area contributed by atoms with E-state index >= 15 is 0 Å². The second-order valence-electron chi connectivity index (χ2n) is 6.46. The number of hydrogen-bond acceptors (Lipinski definition) is 5. The van der Waals surface area contributed by atoms with E-state index in [1.54, 1.807) is 36.4 Å². The van der Waals surface area contributed by atoms with Gasteiger partial charge in [0, 0.05) is 22.5 Å². The average Bonchev–Trinajstić information content (AvgIpc) is 2.75. The summed E-state index contributed by atoms with van der Waals surface area (Å²) in [5.41, 5.74) is 1.60. The van der Waals surface area contributed by atoms with Crippen molar-refractivity contribution in [1.82, 2.24) is 9.66 Å². The van der Waals surface area contributed by atoms with Gasteiger partial charge < -0.3 is 4.74 Å². The maximum Gasteiger partial charge on any atom is 0.308 e. The number of esters is 1. The number of carbonyl (C=O) groups excluding carboxylic acids is 1. The van der Waals surface area contributed by atoms with Crippen molar-refractivity contribution in [1.29, 1.82) is 0 Å². The third-order valence-corrected chi connectivity index (χ3v) is 4.82. The zero-order chi connectivity index (χ0) is 21.1. The third kappa shape index (κ3) is 4.06. The Kier molecular flexibility index (Phi) is 5.54. The van der Waals surface area contributed by atoms with Gasteiger partial charge in [-0.15, -0.1) is 0 Å². The molecular formula is C23H16BrN3O3. The van der Waals surface area contributed by atoms with Crippen LogP contribution in [0.4, 0.5) is 0 Å². The number of aromatic nitrogens is 2. The molecule has 0 atom stereocenters. The highest BCUT2D eigenvalue weighted by molar-refractivity contribution is 9.10. The number of fused-ring (bicyclic) bond motifs is 1. The van der Waals surface area contributed by atoms with Crippen LogP contribution in [0.5, 0.6) is 5.75 Å². The smallest absolute Gasteiger partial charge is 0.308 e. The zero-order valence-electron chi connectivity index (χ0n) is 15.9. The molecule has 0 saturated carbocycles. The zero-order valence-corrected chi connectivity index (χ0v) is 17.5. The summed E-state index contributed by atoms with van der Waals surface area (Å²) in [7, 11) is 0. The number of carbonyl (C=O) groups is 1. The van der Waals surface area contributed by atoms with Crippen LogP contribution in [-0.2, 0) is 4.79 Å². The molecule has 6 nitrogen and oxygen atoms in total. The van der Waals surface area contributed by atoms with Crippen LogP contribution in [0.1, 0.15) is 12.5 Å². The Hall–Kier alpha value is -3.58. The van der Waals surface area contributed by atoms with Gasteiger partial charge >= 0.3 is 5.97 Å². The first-order valence-corrected chi connectivity index (χ1v) is 9.92. The largest absolute Gasteiger partial charge is 0.426 e. The van der Waals surface area contributed by atoms with Crippen molar-refractivity contribution in [3.8, 4) is 17.1 Å². The first-order valence-electron chi connectivity index (χ1n) is 9.12. The van der Waals surface area contributed by atoms with E-state index in [2.05, 4.69) is 26.0 Å². The van der Waals surface area contributed by atoms with Gasteiger partial charge in [-0.25, -0.2) is 4.98 Å². The standard InChI is InChI=1S/C23H16BrN3O3/c1-15(28)30-21-12-11-18(24)13-17(21)14-25-27-22(16-7-3-2-4-8-16)26-20-10-6-5-9-19(20)23(27)29/h2-14H,1H3. The fourth-order valence-corrected chi connectivity index (χ4v) is 3.37. The number of nitrogens with zero attached hydrogens (tertiary/aromatic N) is 3. The van der Waals surface area contributed by atoms with Gasteiger partial charge in [0.25, 0.3) is 5.56 Å². The predicted molar refractivity (Wildman–Crippen MR) is 120 cm³/mol. The van der Waals surface area contributed by atoms with Gasteiger partial charge in [0.1, 0.15) is 5.75 Å². The van der Waals surface area contributed by atoms with Gasteiger partial charge in [-0.2, -0.15) is 9.78 Å². The quantitative estimate of drug-likeness (QED) is 0.252. The molecule has 3 aromatic carbocycles. The molecule has 0 amide bonds. The molecule has 0 aliphatic heterocycles. The Morgan fingerprint density at radius 2 is 1.80 bits per heavy atom. The maximum atomic E-state index is 13.2. The lowest BCUT2D eigenvalue weighted by molar-refractivity contribution is -0.131. The van der Waals surface area contributed by atoms with Crippen LogP contribution < -0.4 is 10.3 Å². The molecule has 148 valence electrons. The third-order valence-electron chi connectivity index (χ3n) is 4.32. The maximum absolute atomic E-state index is 13.2. The van der Waals surface area contributed by atoms with Gasteiger partial charge in [-0.1, -0.05) is 58.4 Å². The van der Waals surface area contributed by atoms with E-state index in [9.17, 15) is 9.59 Å². The molecule has 0 radical (unpaired) electrons. The van der Waals surface area contributed by atoms with Crippen molar-refractivity contribution in [2.45, 2.75) is 6.92 Å². The van der Waals surface area contributed by atoms with Crippen molar-refractivity contribution >= 4 is 39.0 Å². The minimum Gasteiger partial charge on any atom is -0.426 e. The van der Waals surface area contributed by atoms with Gasteiger partial charge in [0.05, 0.1) is 17.1 Å². The SMILES string of the molecule is CC(=O)Oc1ccc(Br)cc1C=Nn1c(-c2ccccc2)nc2ccccc2c1=O. The molecule has 30 heavy (non-hydrogen) atoms. The summed E-state index contributed by atoms with van der Waals surface area (Å²) in [5, 5.41) is 4.88. The van der Waals surface area contributed by atoms with E-state index in [1.807, 2.05) is 36.4 Å². The molecule has 0 aliphatic rings. The summed E-state index contributed by atoms with van der Waals surface area (Å²) < 4.78 is 7.29. The molecule has 4 rings (SSSR count). The van der Waals surface area contributed by atoms with Crippen LogP contribution >= 0.6 is 15.9 Å². The number of benzene rings is 3. The first-order chi connectivity index (χ1) is 14.5. The summed E-state index contributed by atoms with van der Waals surface area (Å²) in [5.74, 6) is 0.318. The summed E-state index contributed by atoms with van der Waals surface area (Å²) >= 11 is 3.40. The fraction of sp³-hybridized carbons (Fsp3) is 0.0435. The van der Waals surface area contributed by atoms with Crippen molar-refractivity contribution < 1.29 is 9.53 Å². The number of rotatable bonds is 4. The molecule has 0 saturated heterocycles. The van der Waals surface area contributed by atoms with Crippen LogP contribution in [0, 0.1) is 0 Å². The molecule has 0 unspecified atom stereocenters. The van der Waals surface area contributed by atoms with Gasteiger partial charge in [0.2, 0.25) is 0 Å². The Labute approximate surface area is 180 Å². The molecule has 0 aliphatic carbocycles. The lowest BCUT2D eigenvalue weighted by atomic mass is 10.2. The number of para-hydroxylation sites is 1. The second kappa shape index (κ2) is 8.42. The monoisotopic (exact) mass is 461 g/mol. The Balaban J connectivity index is 1.91. The lowest BCUT2D eigenvalue weighted by Gasteiger charge is -2.10. The minimum absolute atomic E-state index is 0.292. The van der Waals surface area contributed by atoms with E-state index in [1.165, 1.54) is 17.8 Å². The second-order valence-corrected chi connectivity index (χ2v) is 7.37. The van der Waals surface area contributed by atoms with E-state index in [0.29, 0.717) is 28.0 Å². The Morgan fingerprint density at radius 3 is 2.57 bits per heavy atom. The van der Waals surface area contributed by atoms with E-state index in [0.717, 1.165) is 10.0 Å². The van der Waals surface area contributed by atoms with Crippen molar-refractivity contribution in [3.05, 3.63) is 93.2 Å². The molecular weight excluding hydrogens is 446 g/mol. The highest BCUT2D eigenvalue weighted by atomic mass is 79.9. The Morgan fingerprint density at radius 1 is 1.07 bits per heavy atom. The van der Waals surface area contributed by atoms with Crippen LogP contribution in [0.3, 0.4) is 0 Å². The predicted octanol–water partition coefficient (Wildman–Crippen LogP) is 4.63. The van der Waals surface area contributed by atoms with Crippen LogP contribution in [0.2, 0.25) is 0 Å². The Bertz CT molecular complexity index is 1330. The van der Waals surface area contributed by atoms with Crippen LogP contribution in [0.15, 0.2) is 87.2 Å². The first kappa shape index (κ1) is 19.7. The molecule has 1 heterocycles. The molecule has 0 fully saturated rings. The molecule has 1 aromatic heterocycles. The summed E-state index contributed by atoms with van der Waals surface area (Å²) in [4.78, 5) is 29.3. The number of halogens is 1. The summed E-state index contributed by atoms with van der Waals surface area (Å²) in [6.45, 7) is 1.33. The van der Waals surface area contributed by atoms with Crippen LogP contribution in [-0.4, -0.2) is 21.8 Å². The molecule has 0 N–H and O–H groups in total. The van der Waals surface area contributed by atoms with Gasteiger partial charge in [0.15, 0.2) is 5.82 Å². The number of hydrogen-bond donors (Lipinski definition) is 0. The molecule has 0 bridgehead atoms. The van der Waals surface area contributed by atoms with Crippen LogP contribution in [0.25, 0.3) is 22.3 Å². The number of ether oxygens (including phenoxy) is 1. The topological polar surface area (TPSA) is 73.5 Å².